The van der Waals surface area contributed by atoms with Gasteiger partial charge in [-0.25, -0.2) is 0 Å². The Hall–Kier alpha value is -1.06. The molecule has 0 aliphatic carbocycles. The van der Waals surface area contributed by atoms with Gasteiger partial charge in [0.05, 0.1) is 0 Å². The molecular formula is C17H32IN5O2. The molecule has 1 atom stereocenters. The van der Waals surface area contributed by atoms with Gasteiger partial charge >= 0.3 is 0 Å². The molecule has 0 saturated carbocycles. The van der Waals surface area contributed by atoms with Crippen LogP contribution < -0.4 is 10.6 Å². The first-order chi connectivity index (χ1) is 11.6. The van der Waals surface area contributed by atoms with E-state index in [-0.39, 0.29) is 41.8 Å². The molecule has 144 valence electrons. The number of guanidine groups is 1. The maximum absolute atomic E-state index is 11.8. The van der Waals surface area contributed by atoms with Crippen molar-refractivity contribution >= 4 is 41.8 Å². The topological polar surface area (TPSA) is 77.0 Å². The minimum atomic E-state index is 0. The molecule has 2 fully saturated rings. The number of aliphatic imine (C=N–C) groups is 1. The predicted octanol–water partition coefficient (Wildman–Crippen LogP) is 1.18. The van der Waals surface area contributed by atoms with Gasteiger partial charge in [-0.3, -0.25) is 14.6 Å². The van der Waals surface area contributed by atoms with E-state index in [4.69, 9.17) is 0 Å². The van der Waals surface area contributed by atoms with Crippen LogP contribution in [-0.2, 0) is 9.59 Å². The van der Waals surface area contributed by atoms with Crippen LogP contribution in [0.1, 0.15) is 46.0 Å². The zero-order chi connectivity index (χ0) is 17.4. The highest BCUT2D eigenvalue weighted by Crippen LogP contribution is 2.11. The van der Waals surface area contributed by atoms with Crippen molar-refractivity contribution in [3.8, 4) is 0 Å². The van der Waals surface area contributed by atoms with E-state index in [2.05, 4.69) is 15.6 Å². The number of hydrogen-bond donors (Lipinski definition) is 2. The first-order valence-corrected chi connectivity index (χ1v) is 9.24. The highest BCUT2D eigenvalue weighted by Gasteiger charge is 2.25. The van der Waals surface area contributed by atoms with Crippen LogP contribution in [0.15, 0.2) is 4.99 Å². The van der Waals surface area contributed by atoms with Crippen molar-refractivity contribution in [2.24, 2.45) is 4.99 Å². The summed E-state index contributed by atoms with van der Waals surface area (Å²) in [6.07, 6.45) is 4.09. The molecular weight excluding hydrogens is 433 g/mol. The summed E-state index contributed by atoms with van der Waals surface area (Å²) in [6.45, 7) is 8.71. The second-order valence-electron chi connectivity index (χ2n) is 6.42. The minimum Gasteiger partial charge on any atom is -0.357 e. The molecule has 2 saturated heterocycles. The van der Waals surface area contributed by atoms with Gasteiger partial charge in [0.2, 0.25) is 11.8 Å². The third-order valence-corrected chi connectivity index (χ3v) is 4.56. The van der Waals surface area contributed by atoms with E-state index in [0.717, 1.165) is 57.9 Å². The second kappa shape index (κ2) is 11.5. The van der Waals surface area contributed by atoms with Crippen LogP contribution in [-0.4, -0.2) is 72.9 Å². The molecule has 0 aromatic carbocycles. The van der Waals surface area contributed by atoms with Gasteiger partial charge < -0.3 is 20.4 Å². The van der Waals surface area contributed by atoms with Crippen molar-refractivity contribution in [2.75, 3.05) is 39.3 Å². The van der Waals surface area contributed by atoms with Crippen LogP contribution in [0.3, 0.4) is 0 Å². The molecule has 0 bridgehead atoms. The summed E-state index contributed by atoms with van der Waals surface area (Å²) in [4.78, 5) is 31.8. The lowest BCUT2D eigenvalue weighted by molar-refractivity contribution is -0.130. The van der Waals surface area contributed by atoms with Crippen LogP contribution in [0.2, 0.25) is 0 Å². The average molecular weight is 465 g/mol. The quantitative estimate of drug-likeness (QED) is 0.256. The lowest BCUT2D eigenvalue weighted by Gasteiger charge is -2.19. The Labute approximate surface area is 168 Å². The van der Waals surface area contributed by atoms with Crippen LogP contribution >= 0.6 is 24.0 Å². The van der Waals surface area contributed by atoms with Crippen molar-refractivity contribution in [2.45, 2.75) is 52.0 Å². The second-order valence-corrected chi connectivity index (χ2v) is 6.42. The van der Waals surface area contributed by atoms with Crippen LogP contribution in [0.4, 0.5) is 0 Å². The number of halogens is 1. The van der Waals surface area contributed by atoms with Crippen LogP contribution in [0, 0.1) is 0 Å². The maximum Gasteiger partial charge on any atom is 0.222 e. The van der Waals surface area contributed by atoms with Gasteiger partial charge in [0.1, 0.15) is 0 Å². The van der Waals surface area contributed by atoms with Crippen molar-refractivity contribution in [1.82, 2.24) is 20.4 Å². The van der Waals surface area contributed by atoms with Crippen molar-refractivity contribution in [1.29, 1.82) is 0 Å². The molecule has 2 aliphatic rings. The van der Waals surface area contributed by atoms with Gasteiger partial charge in [-0.15, -0.1) is 24.0 Å². The number of rotatable bonds is 7. The van der Waals surface area contributed by atoms with E-state index in [1.807, 2.05) is 23.6 Å². The molecule has 2 amide bonds. The highest BCUT2D eigenvalue weighted by atomic mass is 127. The summed E-state index contributed by atoms with van der Waals surface area (Å²) >= 11 is 0. The Morgan fingerprint density at radius 2 is 2.12 bits per heavy atom. The molecule has 2 heterocycles. The summed E-state index contributed by atoms with van der Waals surface area (Å²) in [5.41, 5.74) is 0. The minimum absolute atomic E-state index is 0. The lowest BCUT2D eigenvalue weighted by Crippen LogP contribution is -2.45. The molecule has 0 radical (unpaired) electrons. The van der Waals surface area contributed by atoms with E-state index in [9.17, 15) is 9.59 Å². The summed E-state index contributed by atoms with van der Waals surface area (Å²) < 4.78 is 0. The van der Waals surface area contributed by atoms with E-state index in [0.29, 0.717) is 19.4 Å². The average Bonchev–Trinajstić information content (AvgIpc) is 3.20. The maximum atomic E-state index is 11.8. The summed E-state index contributed by atoms with van der Waals surface area (Å²) in [7, 11) is 0. The van der Waals surface area contributed by atoms with Crippen molar-refractivity contribution in [3.05, 3.63) is 0 Å². The van der Waals surface area contributed by atoms with Gasteiger partial charge in [-0.2, -0.15) is 0 Å². The first-order valence-electron chi connectivity index (χ1n) is 9.24. The standard InChI is InChI=1S/C17H31N5O2.HI/c1-3-15(23)22-12-8-14(13-22)20-17(18-4-2)19-9-6-11-21-10-5-7-16(21)24;/h14H,3-13H2,1-2H3,(H2,18,19,20);1H. The Kier molecular flexibility index (Phi) is 10.1. The molecule has 7 nitrogen and oxygen atoms in total. The fraction of sp³-hybridized carbons (Fsp3) is 0.824. The van der Waals surface area contributed by atoms with Crippen molar-refractivity contribution < 1.29 is 9.59 Å². The van der Waals surface area contributed by atoms with E-state index in [1.165, 1.54) is 0 Å². The van der Waals surface area contributed by atoms with E-state index < -0.39 is 0 Å². The van der Waals surface area contributed by atoms with Crippen LogP contribution in [0.5, 0.6) is 0 Å². The summed E-state index contributed by atoms with van der Waals surface area (Å²) in [5.74, 6) is 1.30. The van der Waals surface area contributed by atoms with Crippen molar-refractivity contribution in [3.63, 3.8) is 0 Å². The largest absolute Gasteiger partial charge is 0.357 e. The third-order valence-electron chi connectivity index (χ3n) is 4.56. The highest BCUT2D eigenvalue weighted by molar-refractivity contribution is 14.0. The zero-order valence-corrected chi connectivity index (χ0v) is 17.8. The number of nitrogens with zero attached hydrogens (tertiary/aromatic N) is 3. The molecule has 1 unspecified atom stereocenters. The third kappa shape index (κ3) is 6.99. The Morgan fingerprint density at radius 1 is 1.32 bits per heavy atom. The molecule has 2 aliphatic heterocycles. The predicted molar refractivity (Wildman–Crippen MR) is 110 cm³/mol. The number of nitrogens with one attached hydrogen (secondary N) is 2. The molecule has 0 aromatic heterocycles. The molecule has 2 N–H and O–H groups in total. The van der Waals surface area contributed by atoms with Gasteiger partial charge in [0.25, 0.3) is 0 Å². The Bertz CT molecular complexity index is 472. The molecule has 25 heavy (non-hydrogen) atoms. The number of carbonyl (C=O) groups is 2. The smallest absolute Gasteiger partial charge is 0.222 e. The zero-order valence-electron chi connectivity index (χ0n) is 15.4. The van der Waals surface area contributed by atoms with Gasteiger partial charge in [0, 0.05) is 58.2 Å². The normalized spacial score (nSPS) is 20.6. The SMILES string of the molecule is CCNC(=NCCCN1CCCC1=O)NC1CCN(C(=O)CC)C1.I. The fourth-order valence-corrected chi connectivity index (χ4v) is 3.23. The molecule has 0 aromatic rings. The van der Waals surface area contributed by atoms with Gasteiger partial charge in [-0.05, 0) is 26.2 Å². The fourth-order valence-electron chi connectivity index (χ4n) is 3.23. The Morgan fingerprint density at radius 3 is 2.76 bits per heavy atom. The van der Waals surface area contributed by atoms with Crippen LogP contribution in [0.25, 0.3) is 0 Å². The van der Waals surface area contributed by atoms with E-state index in [1.54, 1.807) is 0 Å². The number of hydrogen-bond acceptors (Lipinski definition) is 3. The number of carbonyl (C=O) groups excluding carboxylic acids is 2. The number of amides is 2. The molecule has 0 spiro atoms. The molecule has 8 heteroatoms. The van der Waals surface area contributed by atoms with E-state index >= 15 is 0 Å². The van der Waals surface area contributed by atoms with Gasteiger partial charge in [-0.1, -0.05) is 6.92 Å². The summed E-state index contributed by atoms with van der Waals surface area (Å²) in [6, 6.07) is 0.262. The molecule has 2 rings (SSSR count). The van der Waals surface area contributed by atoms with Gasteiger partial charge in [0.15, 0.2) is 5.96 Å². The Balaban J connectivity index is 0.00000312. The number of likely N-dealkylation sites (tertiary alicyclic amines) is 2. The first kappa shape index (κ1) is 22.0. The lowest BCUT2D eigenvalue weighted by atomic mass is 10.3. The summed E-state index contributed by atoms with van der Waals surface area (Å²) in [5, 5.41) is 6.69. The monoisotopic (exact) mass is 465 g/mol.